The van der Waals surface area contributed by atoms with Gasteiger partial charge in [-0.3, -0.25) is 0 Å². The lowest BCUT2D eigenvalue weighted by Crippen LogP contribution is -2.33. The van der Waals surface area contributed by atoms with Crippen LogP contribution in [0, 0.1) is 0 Å². The van der Waals surface area contributed by atoms with Crippen molar-refractivity contribution in [2.45, 2.75) is 20.8 Å². The number of nitrogen functional groups attached to an aromatic ring is 1. The Morgan fingerprint density at radius 1 is 1.33 bits per heavy atom. The number of carbonyl (C=O) groups excluding carboxylic acids is 1. The van der Waals surface area contributed by atoms with Crippen LogP contribution in [0.4, 0.5) is 10.7 Å². The Bertz CT molecular complexity index is 637. The minimum atomic E-state index is -0.475. The zero-order chi connectivity index (χ0) is 15.4. The fourth-order valence-electron chi connectivity index (χ4n) is 1.78. The number of hydrogen-bond donors (Lipinski definition) is 1. The molecule has 0 saturated carbocycles. The number of amides is 1. The number of nitrogens with zero attached hydrogens (tertiary/aromatic N) is 5. The molecular weight excluding hydrogens is 276 g/mol. The van der Waals surface area contributed by atoms with Crippen LogP contribution in [0.25, 0.3) is 5.65 Å². The molecule has 0 saturated heterocycles. The van der Waals surface area contributed by atoms with Crippen LogP contribution in [0.5, 0.6) is 11.6 Å². The highest BCUT2D eigenvalue weighted by atomic mass is 16.6. The smallest absolute Gasteiger partial charge is 0.415 e. The van der Waals surface area contributed by atoms with E-state index < -0.39 is 6.09 Å². The van der Waals surface area contributed by atoms with Crippen molar-refractivity contribution in [1.82, 2.24) is 24.7 Å². The van der Waals surface area contributed by atoms with Crippen LogP contribution in [-0.4, -0.2) is 50.5 Å². The lowest BCUT2D eigenvalue weighted by Gasteiger charge is -2.18. The molecule has 9 heteroatoms. The molecule has 1 amide bonds. The third-order valence-electron chi connectivity index (χ3n) is 2.85. The SMILES string of the molecule is CCOc1cc(OC(=O)N(CC)CC)c2nnc(N)n2n1. The second-order valence-corrected chi connectivity index (χ2v) is 4.11. The van der Waals surface area contributed by atoms with E-state index in [9.17, 15) is 4.79 Å². The molecule has 0 unspecified atom stereocenters. The van der Waals surface area contributed by atoms with Gasteiger partial charge in [0.05, 0.1) is 6.61 Å². The van der Waals surface area contributed by atoms with Crippen LogP contribution in [0.2, 0.25) is 0 Å². The summed E-state index contributed by atoms with van der Waals surface area (Å²) in [5.74, 6) is 0.570. The highest BCUT2D eigenvalue weighted by molar-refractivity contribution is 5.73. The van der Waals surface area contributed by atoms with E-state index in [1.54, 1.807) is 0 Å². The first-order chi connectivity index (χ1) is 10.1. The number of anilines is 1. The van der Waals surface area contributed by atoms with Gasteiger partial charge in [0.2, 0.25) is 17.5 Å². The van der Waals surface area contributed by atoms with Gasteiger partial charge in [0, 0.05) is 19.2 Å². The lowest BCUT2D eigenvalue weighted by atomic mass is 10.5. The van der Waals surface area contributed by atoms with Crippen molar-refractivity contribution in [1.29, 1.82) is 0 Å². The maximum Gasteiger partial charge on any atom is 0.415 e. The van der Waals surface area contributed by atoms with E-state index in [1.807, 2.05) is 20.8 Å². The molecule has 0 spiro atoms. The maximum atomic E-state index is 12.0. The summed E-state index contributed by atoms with van der Waals surface area (Å²) in [6.07, 6.45) is -0.475. The number of aromatic nitrogens is 4. The molecule has 0 aliphatic carbocycles. The van der Waals surface area contributed by atoms with Crippen LogP contribution < -0.4 is 15.2 Å². The number of nitrogens with two attached hydrogens (primary N) is 1. The van der Waals surface area contributed by atoms with Gasteiger partial charge < -0.3 is 20.1 Å². The van der Waals surface area contributed by atoms with Crippen molar-refractivity contribution >= 4 is 17.7 Å². The average Bonchev–Trinajstić information content (AvgIpc) is 2.83. The zero-order valence-corrected chi connectivity index (χ0v) is 12.2. The molecule has 0 atom stereocenters. The summed E-state index contributed by atoms with van der Waals surface area (Å²) in [5.41, 5.74) is 5.93. The predicted octanol–water partition coefficient (Wildman–Crippen LogP) is 0.946. The van der Waals surface area contributed by atoms with E-state index in [2.05, 4.69) is 15.3 Å². The van der Waals surface area contributed by atoms with Crippen LogP contribution in [0.3, 0.4) is 0 Å². The van der Waals surface area contributed by atoms with Gasteiger partial charge in [-0.15, -0.1) is 15.3 Å². The fourth-order valence-corrected chi connectivity index (χ4v) is 1.78. The van der Waals surface area contributed by atoms with Crippen LogP contribution in [-0.2, 0) is 0 Å². The summed E-state index contributed by atoms with van der Waals surface area (Å²) in [4.78, 5) is 13.6. The second kappa shape index (κ2) is 6.25. The predicted molar refractivity (Wildman–Crippen MR) is 75.3 cm³/mol. The molecular formula is C12H18N6O3. The van der Waals surface area contributed by atoms with Crippen LogP contribution in [0.1, 0.15) is 20.8 Å². The van der Waals surface area contributed by atoms with Crippen molar-refractivity contribution in [3.05, 3.63) is 6.07 Å². The first-order valence-electron chi connectivity index (χ1n) is 6.72. The Kier molecular flexibility index (Phi) is 4.41. The molecule has 0 aliphatic rings. The fraction of sp³-hybridized carbons (Fsp3) is 0.500. The van der Waals surface area contributed by atoms with Crippen molar-refractivity contribution in [3.8, 4) is 11.6 Å². The maximum absolute atomic E-state index is 12.0. The summed E-state index contributed by atoms with van der Waals surface area (Å²) < 4.78 is 12.0. The summed E-state index contributed by atoms with van der Waals surface area (Å²) >= 11 is 0. The summed E-state index contributed by atoms with van der Waals surface area (Å²) in [5, 5.41) is 11.7. The van der Waals surface area contributed by atoms with Crippen LogP contribution >= 0.6 is 0 Å². The van der Waals surface area contributed by atoms with Gasteiger partial charge in [0.15, 0.2) is 5.75 Å². The Labute approximate surface area is 121 Å². The molecule has 0 aliphatic heterocycles. The third kappa shape index (κ3) is 2.96. The average molecular weight is 294 g/mol. The van der Waals surface area contributed by atoms with E-state index >= 15 is 0 Å². The van der Waals surface area contributed by atoms with E-state index in [0.717, 1.165) is 0 Å². The lowest BCUT2D eigenvalue weighted by molar-refractivity contribution is 0.157. The molecule has 2 aromatic heterocycles. The van der Waals surface area contributed by atoms with Gasteiger partial charge in [-0.05, 0) is 20.8 Å². The number of carbonyl (C=O) groups is 1. The quantitative estimate of drug-likeness (QED) is 0.874. The Morgan fingerprint density at radius 3 is 2.67 bits per heavy atom. The highest BCUT2D eigenvalue weighted by Crippen LogP contribution is 2.24. The van der Waals surface area contributed by atoms with Crippen molar-refractivity contribution < 1.29 is 14.3 Å². The molecule has 0 fully saturated rings. The van der Waals surface area contributed by atoms with Gasteiger partial charge in [-0.1, -0.05) is 0 Å². The zero-order valence-electron chi connectivity index (χ0n) is 12.2. The second-order valence-electron chi connectivity index (χ2n) is 4.11. The van der Waals surface area contributed by atoms with Gasteiger partial charge in [-0.2, -0.15) is 4.52 Å². The topological polar surface area (TPSA) is 108 Å². The van der Waals surface area contributed by atoms with Crippen molar-refractivity contribution in [3.63, 3.8) is 0 Å². The monoisotopic (exact) mass is 294 g/mol. The van der Waals surface area contributed by atoms with Crippen molar-refractivity contribution in [2.75, 3.05) is 25.4 Å². The Morgan fingerprint density at radius 2 is 2.05 bits per heavy atom. The highest BCUT2D eigenvalue weighted by Gasteiger charge is 2.18. The molecule has 21 heavy (non-hydrogen) atoms. The van der Waals surface area contributed by atoms with Crippen LogP contribution in [0.15, 0.2) is 6.07 Å². The summed E-state index contributed by atoms with van der Waals surface area (Å²) in [6.45, 7) is 7.07. The minimum absolute atomic E-state index is 0.0895. The number of fused-ring (bicyclic) bond motifs is 1. The van der Waals surface area contributed by atoms with Gasteiger partial charge in [0.25, 0.3) is 0 Å². The van der Waals surface area contributed by atoms with E-state index in [-0.39, 0.29) is 23.2 Å². The van der Waals surface area contributed by atoms with Gasteiger partial charge in [-0.25, -0.2) is 4.79 Å². The van der Waals surface area contributed by atoms with Crippen molar-refractivity contribution in [2.24, 2.45) is 0 Å². The standard InChI is InChI=1S/C12H18N6O3/c1-4-17(5-2)12(19)21-8-7-9(20-6-3)16-18-10(8)14-15-11(18)13/h7H,4-6H2,1-3H3,(H2,13,15). The summed E-state index contributed by atoms with van der Waals surface area (Å²) in [7, 11) is 0. The molecule has 0 aromatic carbocycles. The third-order valence-corrected chi connectivity index (χ3v) is 2.85. The molecule has 114 valence electrons. The van der Waals surface area contributed by atoms with E-state index in [4.69, 9.17) is 15.2 Å². The molecule has 2 aromatic rings. The number of hydrogen-bond acceptors (Lipinski definition) is 7. The number of ether oxygens (including phenoxy) is 2. The first kappa shape index (κ1) is 14.8. The molecule has 2 heterocycles. The molecule has 9 nitrogen and oxygen atoms in total. The van der Waals surface area contributed by atoms with Gasteiger partial charge in [0.1, 0.15) is 0 Å². The minimum Gasteiger partial charge on any atom is -0.477 e. The normalized spacial score (nSPS) is 10.6. The van der Waals surface area contributed by atoms with E-state index in [1.165, 1.54) is 15.5 Å². The molecule has 0 bridgehead atoms. The summed E-state index contributed by atoms with van der Waals surface area (Å²) in [6, 6.07) is 1.49. The Balaban J connectivity index is 2.39. The Hall–Kier alpha value is -2.58. The largest absolute Gasteiger partial charge is 0.477 e. The molecule has 2 rings (SSSR count). The first-order valence-corrected chi connectivity index (χ1v) is 6.72. The molecule has 0 radical (unpaired) electrons. The number of rotatable bonds is 5. The van der Waals surface area contributed by atoms with Gasteiger partial charge >= 0.3 is 6.09 Å². The van der Waals surface area contributed by atoms with E-state index in [0.29, 0.717) is 19.7 Å². The molecule has 2 N–H and O–H groups in total.